The van der Waals surface area contributed by atoms with Crippen LogP contribution in [0.3, 0.4) is 0 Å². The van der Waals surface area contributed by atoms with Crippen LogP contribution in [0.4, 0.5) is 11.4 Å². The highest BCUT2D eigenvalue weighted by atomic mass is 16.5. The summed E-state index contributed by atoms with van der Waals surface area (Å²) in [5.41, 5.74) is 2.53. The molecule has 0 spiro atoms. The number of nitrogens with zero attached hydrogens (tertiary/aromatic N) is 1. The van der Waals surface area contributed by atoms with Crippen molar-refractivity contribution < 1.29 is 19.1 Å². The molecule has 0 fully saturated rings. The third-order valence-corrected chi connectivity index (χ3v) is 5.01. The molecule has 0 saturated carbocycles. The van der Waals surface area contributed by atoms with Crippen molar-refractivity contribution in [2.75, 3.05) is 44.5 Å². The zero-order valence-corrected chi connectivity index (χ0v) is 19.6. The van der Waals surface area contributed by atoms with E-state index in [9.17, 15) is 9.59 Å². The van der Waals surface area contributed by atoms with Crippen LogP contribution in [0.25, 0.3) is 0 Å². The summed E-state index contributed by atoms with van der Waals surface area (Å²) in [5, 5.41) is 5.99. The van der Waals surface area contributed by atoms with Crippen molar-refractivity contribution in [3.8, 4) is 11.5 Å². The number of hydrogen-bond acceptors (Lipinski definition) is 5. The lowest BCUT2D eigenvalue weighted by Crippen LogP contribution is -2.22. The summed E-state index contributed by atoms with van der Waals surface area (Å²) in [6, 6.07) is 24.6. The van der Waals surface area contributed by atoms with E-state index in [-0.39, 0.29) is 18.4 Å². The Bertz CT molecular complexity index is 1050. The van der Waals surface area contributed by atoms with Gasteiger partial charge in [0.25, 0.3) is 0 Å². The number of nitrogens with one attached hydrogen (secondary N) is 2. The average molecular weight is 462 g/mol. The second-order valence-electron chi connectivity index (χ2n) is 7.92. The predicted molar refractivity (Wildman–Crippen MR) is 134 cm³/mol. The smallest absolute Gasteiger partial charge is 0.243 e. The molecule has 0 aliphatic carbocycles. The van der Waals surface area contributed by atoms with Crippen molar-refractivity contribution >= 4 is 23.2 Å². The van der Waals surface area contributed by atoms with Crippen LogP contribution in [0.2, 0.25) is 0 Å². The van der Waals surface area contributed by atoms with Crippen LogP contribution in [-0.2, 0) is 16.0 Å². The molecule has 0 aliphatic rings. The van der Waals surface area contributed by atoms with E-state index in [4.69, 9.17) is 9.47 Å². The third-order valence-electron chi connectivity index (χ3n) is 5.01. The standard InChI is InChI=1S/C27H31N3O4/c1-30(2)27(32)16-11-21-7-6-8-23(19-21)29-26(31)20-28-22-12-14-25(15-13-22)34-18-17-33-24-9-4-3-5-10-24/h3-10,12-15,19,28H,11,16-18,20H2,1-2H3,(H,29,31). The molecule has 0 atom stereocenters. The van der Waals surface area contributed by atoms with E-state index in [1.165, 1.54) is 0 Å². The lowest BCUT2D eigenvalue weighted by Gasteiger charge is -2.12. The molecule has 178 valence electrons. The topological polar surface area (TPSA) is 79.9 Å². The van der Waals surface area contributed by atoms with Crippen LogP contribution in [-0.4, -0.2) is 50.6 Å². The normalized spacial score (nSPS) is 10.3. The quantitative estimate of drug-likeness (QED) is 0.395. The van der Waals surface area contributed by atoms with Gasteiger partial charge >= 0.3 is 0 Å². The first-order chi connectivity index (χ1) is 16.5. The Labute approximate surface area is 200 Å². The van der Waals surface area contributed by atoms with E-state index in [0.29, 0.717) is 31.7 Å². The molecule has 2 N–H and O–H groups in total. The van der Waals surface area contributed by atoms with Gasteiger partial charge in [0.1, 0.15) is 24.7 Å². The number of carbonyl (C=O) groups excluding carboxylic acids is 2. The lowest BCUT2D eigenvalue weighted by molar-refractivity contribution is -0.128. The Morgan fingerprint density at radius 1 is 0.794 bits per heavy atom. The molecule has 34 heavy (non-hydrogen) atoms. The molecule has 0 radical (unpaired) electrons. The van der Waals surface area contributed by atoms with Crippen LogP contribution >= 0.6 is 0 Å². The van der Waals surface area contributed by atoms with Gasteiger partial charge in [-0.15, -0.1) is 0 Å². The molecule has 7 heteroatoms. The first-order valence-electron chi connectivity index (χ1n) is 11.2. The molecule has 3 aromatic rings. The maximum atomic E-state index is 12.3. The number of rotatable bonds is 12. The first kappa shape index (κ1) is 24.6. The van der Waals surface area contributed by atoms with Gasteiger partial charge in [-0.1, -0.05) is 30.3 Å². The van der Waals surface area contributed by atoms with E-state index >= 15 is 0 Å². The molecule has 3 rings (SSSR count). The Kier molecular flexibility index (Phi) is 9.34. The Hall–Kier alpha value is -4.00. The molecular formula is C27H31N3O4. The van der Waals surface area contributed by atoms with Crippen molar-refractivity contribution in [3.63, 3.8) is 0 Å². The van der Waals surface area contributed by atoms with Gasteiger partial charge in [-0.05, 0) is 60.5 Å². The molecule has 0 saturated heterocycles. The average Bonchev–Trinajstić information content (AvgIpc) is 2.85. The summed E-state index contributed by atoms with van der Waals surface area (Å²) in [4.78, 5) is 25.7. The summed E-state index contributed by atoms with van der Waals surface area (Å²) < 4.78 is 11.3. The van der Waals surface area contributed by atoms with Crippen molar-refractivity contribution in [2.24, 2.45) is 0 Å². The van der Waals surface area contributed by atoms with E-state index < -0.39 is 0 Å². The zero-order valence-electron chi connectivity index (χ0n) is 19.6. The molecule has 3 aromatic carbocycles. The molecular weight excluding hydrogens is 430 g/mol. The number of ether oxygens (including phenoxy) is 2. The number of anilines is 2. The van der Waals surface area contributed by atoms with Gasteiger partial charge in [0, 0.05) is 31.9 Å². The maximum absolute atomic E-state index is 12.3. The highest BCUT2D eigenvalue weighted by molar-refractivity contribution is 5.93. The predicted octanol–water partition coefficient (Wildman–Crippen LogP) is 4.22. The fourth-order valence-electron chi connectivity index (χ4n) is 3.17. The SMILES string of the molecule is CN(C)C(=O)CCc1cccc(NC(=O)CNc2ccc(OCCOc3ccccc3)cc2)c1. The van der Waals surface area contributed by atoms with E-state index in [1.54, 1.807) is 19.0 Å². The number of para-hydroxylation sites is 1. The minimum absolute atomic E-state index is 0.0792. The van der Waals surface area contributed by atoms with Gasteiger partial charge in [-0.2, -0.15) is 0 Å². The summed E-state index contributed by atoms with van der Waals surface area (Å²) >= 11 is 0. The van der Waals surface area contributed by atoms with Crippen molar-refractivity contribution in [1.82, 2.24) is 4.90 Å². The monoisotopic (exact) mass is 461 g/mol. The Morgan fingerprint density at radius 2 is 1.47 bits per heavy atom. The van der Waals surface area contributed by atoms with E-state index in [0.717, 1.165) is 22.7 Å². The fourth-order valence-corrected chi connectivity index (χ4v) is 3.17. The van der Waals surface area contributed by atoms with Crippen LogP contribution in [0.5, 0.6) is 11.5 Å². The molecule has 0 heterocycles. The molecule has 0 bridgehead atoms. The summed E-state index contributed by atoms with van der Waals surface area (Å²) in [6.07, 6.45) is 1.07. The van der Waals surface area contributed by atoms with Gasteiger partial charge in [-0.3, -0.25) is 9.59 Å². The highest BCUT2D eigenvalue weighted by Gasteiger charge is 2.07. The van der Waals surface area contributed by atoms with Crippen molar-refractivity contribution in [3.05, 3.63) is 84.4 Å². The van der Waals surface area contributed by atoms with Crippen LogP contribution in [0.15, 0.2) is 78.9 Å². The molecule has 0 aromatic heterocycles. The fraction of sp³-hybridized carbons (Fsp3) is 0.259. The molecule has 7 nitrogen and oxygen atoms in total. The second-order valence-corrected chi connectivity index (χ2v) is 7.92. The molecule has 0 unspecified atom stereocenters. The number of benzene rings is 3. The van der Waals surface area contributed by atoms with Crippen molar-refractivity contribution in [2.45, 2.75) is 12.8 Å². The van der Waals surface area contributed by atoms with Gasteiger partial charge in [0.15, 0.2) is 0 Å². The zero-order chi connectivity index (χ0) is 24.2. The van der Waals surface area contributed by atoms with Gasteiger partial charge < -0.3 is 25.0 Å². The number of amides is 2. The molecule has 0 aliphatic heterocycles. The second kappa shape index (κ2) is 12.9. The van der Waals surface area contributed by atoms with Crippen LogP contribution in [0, 0.1) is 0 Å². The van der Waals surface area contributed by atoms with Gasteiger partial charge in [0.2, 0.25) is 11.8 Å². The van der Waals surface area contributed by atoms with Gasteiger partial charge in [-0.25, -0.2) is 0 Å². The number of hydrogen-bond donors (Lipinski definition) is 2. The highest BCUT2D eigenvalue weighted by Crippen LogP contribution is 2.16. The van der Waals surface area contributed by atoms with Crippen molar-refractivity contribution in [1.29, 1.82) is 0 Å². The Balaban J connectivity index is 1.37. The summed E-state index contributed by atoms with van der Waals surface area (Å²) in [5.74, 6) is 1.47. The maximum Gasteiger partial charge on any atom is 0.243 e. The molecule has 2 amide bonds. The summed E-state index contributed by atoms with van der Waals surface area (Å²) in [7, 11) is 3.49. The third kappa shape index (κ3) is 8.50. The summed E-state index contributed by atoms with van der Waals surface area (Å²) in [6.45, 7) is 1.03. The number of aryl methyl sites for hydroxylation is 1. The van der Waals surface area contributed by atoms with E-state index in [2.05, 4.69) is 10.6 Å². The minimum Gasteiger partial charge on any atom is -0.490 e. The van der Waals surface area contributed by atoms with Gasteiger partial charge in [0.05, 0.1) is 6.54 Å². The minimum atomic E-state index is -0.153. The largest absolute Gasteiger partial charge is 0.490 e. The number of carbonyl (C=O) groups is 2. The lowest BCUT2D eigenvalue weighted by atomic mass is 10.1. The van der Waals surface area contributed by atoms with E-state index in [1.807, 2.05) is 78.9 Å². The van der Waals surface area contributed by atoms with Crippen LogP contribution < -0.4 is 20.1 Å². The Morgan fingerprint density at radius 3 is 2.15 bits per heavy atom. The first-order valence-corrected chi connectivity index (χ1v) is 11.2. The van der Waals surface area contributed by atoms with Crippen LogP contribution in [0.1, 0.15) is 12.0 Å².